The monoisotopic (exact) mass is 241 g/mol. The first-order chi connectivity index (χ1) is 8.84. The zero-order valence-corrected chi connectivity index (χ0v) is 10.7. The Morgan fingerprint density at radius 2 is 1.67 bits per heavy atom. The van der Waals surface area contributed by atoms with Crippen molar-refractivity contribution in [3.8, 4) is 5.75 Å². The van der Waals surface area contributed by atoms with Gasteiger partial charge in [-0.05, 0) is 37.6 Å². The van der Waals surface area contributed by atoms with Crippen molar-refractivity contribution in [3.63, 3.8) is 0 Å². The standard InChI is InChI=1S/C16H19NO/c1-14-8-10-16(11-9-14)18-13-5-12-17-15-6-3-2-4-7-15/h2-4,6-11,17H,5,12-13H2,1H3. The van der Waals surface area contributed by atoms with Crippen LogP contribution in [0.15, 0.2) is 54.6 Å². The highest BCUT2D eigenvalue weighted by atomic mass is 16.5. The van der Waals surface area contributed by atoms with Gasteiger partial charge in [0.15, 0.2) is 0 Å². The van der Waals surface area contributed by atoms with Gasteiger partial charge in [0.05, 0.1) is 6.61 Å². The minimum atomic E-state index is 0.739. The second-order valence-electron chi connectivity index (χ2n) is 4.31. The van der Waals surface area contributed by atoms with E-state index in [9.17, 15) is 0 Å². The summed E-state index contributed by atoms with van der Waals surface area (Å²) < 4.78 is 5.66. The van der Waals surface area contributed by atoms with Gasteiger partial charge in [0.2, 0.25) is 0 Å². The fourth-order valence-corrected chi connectivity index (χ4v) is 1.69. The lowest BCUT2D eigenvalue weighted by Crippen LogP contribution is -2.07. The first kappa shape index (κ1) is 12.5. The number of anilines is 1. The van der Waals surface area contributed by atoms with E-state index in [1.165, 1.54) is 5.56 Å². The summed E-state index contributed by atoms with van der Waals surface area (Å²) in [6.45, 7) is 3.74. The van der Waals surface area contributed by atoms with Crippen molar-refractivity contribution in [2.75, 3.05) is 18.5 Å². The smallest absolute Gasteiger partial charge is 0.119 e. The van der Waals surface area contributed by atoms with Gasteiger partial charge < -0.3 is 10.1 Å². The predicted octanol–water partition coefficient (Wildman–Crippen LogP) is 3.88. The number of benzene rings is 2. The fraction of sp³-hybridized carbons (Fsp3) is 0.250. The molecule has 0 aromatic heterocycles. The number of rotatable bonds is 6. The van der Waals surface area contributed by atoms with Crippen molar-refractivity contribution < 1.29 is 4.74 Å². The lowest BCUT2D eigenvalue weighted by Gasteiger charge is -2.08. The highest BCUT2D eigenvalue weighted by molar-refractivity contribution is 5.42. The van der Waals surface area contributed by atoms with Crippen LogP contribution in [0.2, 0.25) is 0 Å². The summed E-state index contributed by atoms with van der Waals surface area (Å²) in [6, 6.07) is 18.4. The molecule has 0 radical (unpaired) electrons. The lowest BCUT2D eigenvalue weighted by atomic mass is 10.2. The van der Waals surface area contributed by atoms with Crippen molar-refractivity contribution in [2.45, 2.75) is 13.3 Å². The molecule has 0 aliphatic heterocycles. The molecule has 2 rings (SSSR count). The molecule has 0 atom stereocenters. The van der Waals surface area contributed by atoms with Crippen molar-refractivity contribution in [3.05, 3.63) is 60.2 Å². The Hall–Kier alpha value is -1.96. The molecule has 0 aliphatic carbocycles. The Balaban J connectivity index is 1.63. The van der Waals surface area contributed by atoms with E-state index >= 15 is 0 Å². The summed E-state index contributed by atoms with van der Waals surface area (Å²) in [6.07, 6.45) is 0.989. The van der Waals surface area contributed by atoms with Crippen LogP contribution in [0.4, 0.5) is 5.69 Å². The molecular formula is C16H19NO. The van der Waals surface area contributed by atoms with Crippen LogP contribution >= 0.6 is 0 Å². The number of ether oxygens (including phenoxy) is 1. The molecule has 0 aliphatic rings. The van der Waals surface area contributed by atoms with Gasteiger partial charge in [0.1, 0.15) is 5.75 Å². The number of nitrogens with one attached hydrogen (secondary N) is 1. The Kier molecular flexibility index (Phi) is 4.65. The number of aryl methyl sites for hydroxylation is 1. The van der Waals surface area contributed by atoms with E-state index in [4.69, 9.17) is 4.74 Å². The van der Waals surface area contributed by atoms with Crippen molar-refractivity contribution in [1.82, 2.24) is 0 Å². The average Bonchev–Trinajstić information content (AvgIpc) is 2.42. The van der Waals surface area contributed by atoms with Gasteiger partial charge in [-0.15, -0.1) is 0 Å². The minimum Gasteiger partial charge on any atom is -0.494 e. The highest BCUT2D eigenvalue weighted by Crippen LogP contribution is 2.11. The van der Waals surface area contributed by atoms with E-state index < -0.39 is 0 Å². The summed E-state index contributed by atoms with van der Waals surface area (Å²) in [4.78, 5) is 0. The van der Waals surface area contributed by atoms with Gasteiger partial charge in [0, 0.05) is 12.2 Å². The zero-order chi connectivity index (χ0) is 12.6. The Morgan fingerprint density at radius 1 is 0.944 bits per heavy atom. The molecule has 0 unspecified atom stereocenters. The van der Waals surface area contributed by atoms with Crippen LogP contribution in [0, 0.1) is 6.92 Å². The molecule has 0 saturated heterocycles. The van der Waals surface area contributed by atoms with Crippen LogP contribution in [-0.2, 0) is 0 Å². The quantitative estimate of drug-likeness (QED) is 0.775. The Morgan fingerprint density at radius 3 is 2.39 bits per heavy atom. The van der Waals surface area contributed by atoms with E-state index in [1.807, 2.05) is 30.3 Å². The summed E-state index contributed by atoms with van der Waals surface area (Å²) in [5, 5.41) is 3.36. The number of hydrogen-bond acceptors (Lipinski definition) is 2. The molecular weight excluding hydrogens is 222 g/mol. The Labute approximate surface area is 109 Å². The molecule has 0 bridgehead atoms. The second kappa shape index (κ2) is 6.70. The van der Waals surface area contributed by atoms with E-state index in [0.717, 1.165) is 31.0 Å². The van der Waals surface area contributed by atoms with Gasteiger partial charge in [-0.1, -0.05) is 35.9 Å². The molecule has 2 aromatic carbocycles. The average molecular weight is 241 g/mol. The maximum absolute atomic E-state index is 5.66. The summed E-state index contributed by atoms with van der Waals surface area (Å²) in [5.74, 6) is 0.945. The third-order valence-electron chi connectivity index (χ3n) is 2.71. The van der Waals surface area contributed by atoms with E-state index in [0.29, 0.717) is 0 Å². The molecule has 18 heavy (non-hydrogen) atoms. The van der Waals surface area contributed by atoms with E-state index in [-0.39, 0.29) is 0 Å². The summed E-state index contributed by atoms with van der Waals surface area (Å²) in [5.41, 5.74) is 2.42. The van der Waals surface area contributed by atoms with Gasteiger partial charge in [0.25, 0.3) is 0 Å². The van der Waals surface area contributed by atoms with E-state index in [1.54, 1.807) is 0 Å². The molecule has 0 saturated carbocycles. The minimum absolute atomic E-state index is 0.739. The van der Waals surface area contributed by atoms with Crippen LogP contribution in [0.25, 0.3) is 0 Å². The number of hydrogen-bond donors (Lipinski definition) is 1. The topological polar surface area (TPSA) is 21.3 Å². The van der Waals surface area contributed by atoms with Crippen LogP contribution in [0.3, 0.4) is 0 Å². The van der Waals surface area contributed by atoms with Crippen molar-refractivity contribution >= 4 is 5.69 Å². The third kappa shape index (κ3) is 4.13. The van der Waals surface area contributed by atoms with Crippen molar-refractivity contribution in [1.29, 1.82) is 0 Å². The van der Waals surface area contributed by atoms with Crippen LogP contribution in [-0.4, -0.2) is 13.2 Å². The largest absolute Gasteiger partial charge is 0.494 e. The van der Waals surface area contributed by atoms with Crippen LogP contribution in [0.5, 0.6) is 5.75 Å². The summed E-state index contributed by atoms with van der Waals surface area (Å²) in [7, 11) is 0. The molecule has 2 nitrogen and oxygen atoms in total. The maximum atomic E-state index is 5.66. The van der Waals surface area contributed by atoms with Gasteiger partial charge in [-0.25, -0.2) is 0 Å². The van der Waals surface area contributed by atoms with E-state index in [2.05, 4.69) is 36.5 Å². The Bertz CT molecular complexity index is 450. The predicted molar refractivity (Wildman–Crippen MR) is 76.2 cm³/mol. The molecule has 0 heterocycles. The maximum Gasteiger partial charge on any atom is 0.119 e. The molecule has 2 heteroatoms. The first-order valence-corrected chi connectivity index (χ1v) is 6.33. The third-order valence-corrected chi connectivity index (χ3v) is 2.71. The van der Waals surface area contributed by atoms with Gasteiger partial charge in [-0.2, -0.15) is 0 Å². The first-order valence-electron chi connectivity index (χ1n) is 6.33. The molecule has 0 fully saturated rings. The molecule has 1 N–H and O–H groups in total. The molecule has 94 valence electrons. The highest BCUT2D eigenvalue weighted by Gasteiger charge is 1.93. The van der Waals surface area contributed by atoms with Crippen LogP contribution in [0.1, 0.15) is 12.0 Å². The SMILES string of the molecule is Cc1ccc(OCCCNc2ccccc2)cc1. The van der Waals surface area contributed by atoms with Crippen LogP contribution < -0.4 is 10.1 Å². The molecule has 2 aromatic rings. The molecule has 0 amide bonds. The second-order valence-corrected chi connectivity index (χ2v) is 4.31. The lowest BCUT2D eigenvalue weighted by molar-refractivity contribution is 0.315. The fourth-order valence-electron chi connectivity index (χ4n) is 1.69. The zero-order valence-electron chi connectivity index (χ0n) is 10.7. The van der Waals surface area contributed by atoms with Gasteiger partial charge >= 0.3 is 0 Å². The van der Waals surface area contributed by atoms with Gasteiger partial charge in [-0.3, -0.25) is 0 Å². The molecule has 0 spiro atoms. The normalized spacial score (nSPS) is 10.1. The van der Waals surface area contributed by atoms with Crippen molar-refractivity contribution in [2.24, 2.45) is 0 Å². The number of para-hydroxylation sites is 1. The summed E-state index contributed by atoms with van der Waals surface area (Å²) >= 11 is 0.